The molecule has 2 aliphatic carbocycles. The molecule has 2 rings (SSSR count). The molecular formula is C18H34O6S2. The molecule has 0 aromatic carbocycles. The highest BCUT2D eigenvalue weighted by Gasteiger charge is 2.29. The van der Waals surface area contributed by atoms with E-state index in [1.54, 1.807) is 13.8 Å². The maximum Gasteiger partial charge on any atom is 0.268 e. The molecule has 8 heteroatoms. The molecule has 2 unspecified atom stereocenters. The van der Waals surface area contributed by atoms with Crippen LogP contribution in [0.15, 0.2) is 0 Å². The van der Waals surface area contributed by atoms with Gasteiger partial charge < -0.3 is 0 Å². The summed E-state index contributed by atoms with van der Waals surface area (Å²) in [7, 11) is -7.77. The maximum atomic E-state index is 12.2. The summed E-state index contributed by atoms with van der Waals surface area (Å²) in [5, 5.41) is 0. The van der Waals surface area contributed by atoms with Gasteiger partial charge in [0.15, 0.2) is 0 Å². The molecule has 0 aromatic heterocycles. The summed E-state index contributed by atoms with van der Waals surface area (Å²) in [4.78, 5) is 0. The predicted octanol–water partition coefficient (Wildman–Crippen LogP) is 3.62. The van der Waals surface area contributed by atoms with Crippen LogP contribution in [-0.4, -0.2) is 40.5 Å². The zero-order valence-electron chi connectivity index (χ0n) is 16.1. The fourth-order valence-corrected chi connectivity index (χ4v) is 7.19. The highest BCUT2D eigenvalue weighted by molar-refractivity contribution is 7.90. The van der Waals surface area contributed by atoms with Crippen molar-refractivity contribution in [3.05, 3.63) is 0 Å². The summed E-state index contributed by atoms with van der Waals surface area (Å²) >= 11 is 0. The van der Waals surface area contributed by atoms with Crippen molar-refractivity contribution >= 4 is 20.2 Å². The van der Waals surface area contributed by atoms with E-state index in [4.69, 9.17) is 8.37 Å². The minimum absolute atomic E-state index is 0.234. The maximum absolute atomic E-state index is 12.2. The van der Waals surface area contributed by atoms with Crippen molar-refractivity contribution in [2.24, 2.45) is 11.8 Å². The van der Waals surface area contributed by atoms with Crippen LogP contribution in [0, 0.1) is 11.8 Å². The summed E-state index contributed by atoms with van der Waals surface area (Å²) < 4.78 is 59.2. The molecule has 0 aromatic rings. The largest absolute Gasteiger partial charge is 0.268 e. The van der Waals surface area contributed by atoms with Gasteiger partial charge in [-0.1, -0.05) is 38.5 Å². The fourth-order valence-electron chi connectivity index (χ4n) is 4.13. The van der Waals surface area contributed by atoms with Gasteiger partial charge in [-0.05, 0) is 51.4 Å². The smallest absolute Gasteiger partial charge is 0.267 e. The van der Waals surface area contributed by atoms with Crippen molar-refractivity contribution in [2.45, 2.75) is 90.3 Å². The van der Waals surface area contributed by atoms with Crippen molar-refractivity contribution in [1.82, 2.24) is 0 Å². The Balaban J connectivity index is 1.80. The lowest BCUT2D eigenvalue weighted by Gasteiger charge is -2.27. The molecule has 0 aliphatic heterocycles. The number of hydrogen-bond acceptors (Lipinski definition) is 6. The van der Waals surface area contributed by atoms with E-state index in [1.807, 2.05) is 0 Å². The van der Waals surface area contributed by atoms with E-state index >= 15 is 0 Å². The number of rotatable bonds is 9. The Morgan fingerprint density at radius 2 is 0.962 bits per heavy atom. The Bertz CT molecular complexity index is 560. The van der Waals surface area contributed by atoms with Crippen molar-refractivity contribution in [3.63, 3.8) is 0 Å². The van der Waals surface area contributed by atoms with E-state index in [-0.39, 0.29) is 11.8 Å². The average Bonchev–Trinajstić information content (AvgIpc) is 2.61. The van der Waals surface area contributed by atoms with Crippen LogP contribution >= 0.6 is 0 Å². The van der Waals surface area contributed by atoms with E-state index in [1.165, 1.54) is 12.8 Å². The third kappa shape index (κ3) is 7.44. The first-order valence-electron chi connectivity index (χ1n) is 10.0. The van der Waals surface area contributed by atoms with E-state index in [0.29, 0.717) is 0 Å². The van der Waals surface area contributed by atoms with Gasteiger partial charge >= 0.3 is 0 Å². The van der Waals surface area contributed by atoms with Gasteiger partial charge in [-0.3, -0.25) is 8.37 Å². The lowest BCUT2D eigenvalue weighted by atomic mass is 9.86. The van der Waals surface area contributed by atoms with Gasteiger partial charge in [-0.25, -0.2) is 0 Å². The van der Waals surface area contributed by atoms with Crippen LogP contribution in [0.4, 0.5) is 0 Å². The molecule has 0 bridgehead atoms. The normalized spacial score (nSPS) is 23.6. The van der Waals surface area contributed by atoms with E-state index in [9.17, 15) is 16.8 Å². The van der Waals surface area contributed by atoms with E-state index < -0.39 is 43.9 Å². The second-order valence-corrected chi connectivity index (χ2v) is 11.4. The SMILES string of the molecule is CC(OS(=O)(=O)CCS(=O)(=O)OC(C)C1CCCCC1)C1CCCCC1. The van der Waals surface area contributed by atoms with Crippen LogP contribution in [0.1, 0.15) is 78.1 Å². The highest BCUT2D eigenvalue weighted by atomic mass is 32.2. The monoisotopic (exact) mass is 410 g/mol. The summed E-state index contributed by atoms with van der Waals surface area (Å²) in [5.74, 6) is -0.636. The predicted molar refractivity (Wildman–Crippen MR) is 102 cm³/mol. The molecule has 2 saturated carbocycles. The number of hydrogen-bond donors (Lipinski definition) is 0. The summed E-state index contributed by atoms with van der Waals surface area (Å²) in [6.45, 7) is 3.54. The standard InChI is InChI=1S/C18H34O6S2/c1-15(17-9-5-3-6-10-17)23-25(19,20)13-14-26(21,22)24-16(2)18-11-7-4-8-12-18/h15-18H,3-14H2,1-2H3. The first kappa shape index (κ1) is 22.1. The molecule has 2 fully saturated rings. The molecule has 2 atom stereocenters. The zero-order valence-corrected chi connectivity index (χ0v) is 17.7. The van der Waals surface area contributed by atoms with Crippen LogP contribution in [0.3, 0.4) is 0 Å². The van der Waals surface area contributed by atoms with E-state index in [2.05, 4.69) is 0 Å². The Hall–Kier alpha value is -0.180. The van der Waals surface area contributed by atoms with Gasteiger partial charge in [0, 0.05) is 0 Å². The second-order valence-electron chi connectivity index (χ2n) is 7.92. The average molecular weight is 411 g/mol. The van der Waals surface area contributed by atoms with Crippen LogP contribution in [0.2, 0.25) is 0 Å². The van der Waals surface area contributed by atoms with Gasteiger partial charge in [-0.2, -0.15) is 16.8 Å². The molecule has 0 saturated heterocycles. The van der Waals surface area contributed by atoms with Gasteiger partial charge in [0.2, 0.25) is 0 Å². The Labute approximate surface area is 159 Å². The van der Waals surface area contributed by atoms with Gasteiger partial charge in [0.05, 0.1) is 23.7 Å². The van der Waals surface area contributed by atoms with Gasteiger partial charge in [0.1, 0.15) is 0 Å². The lowest BCUT2D eigenvalue weighted by molar-refractivity contribution is 0.127. The molecule has 154 valence electrons. The summed E-state index contributed by atoms with van der Waals surface area (Å²) in [6.07, 6.45) is 9.84. The van der Waals surface area contributed by atoms with E-state index in [0.717, 1.165) is 51.4 Å². The van der Waals surface area contributed by atoms with Crippen molar-refractivity contribution in [1.29, 1.82) is 0 Å². The Kier molecular flexibility index (Phi) is 8.37. The topological polar surface area (TPSA) is 86.7 Å². The third-order valence-electron chi connectivity index (χ3n) is 5.81. The first-order chi connectivity index (χ1) is 12.2. The van der Waals surface area contributed by atoms with Crippen molar-refractivity contribution in [2.75, 3.05) is 11.5 Å². The van der Waals surface area contributed by atoms with Gasteiger partial charge in [0.25, 0.3) is 20.2 Å². The fraction of sp³-hybridized carbons (Fsp3) is 1.00. The molecule has 0 radical (unpaired) electrons. The molecule has 6 nitrogen and oxygen atoms in total. The van der Waals surface area contributed by atoms with Crippen LogP contribution in [-0.2, 0) is 28.6 Å². The minimum Gasteiger partial charge on any atom is -0.267 e. The molecule has 0 spiro atoms. The van der Waals surface area contributed by atoms with Crippen LogP contribution in [0.25, 0.3) is 0 Å². The van der Waals surface area contributed by atoms with Crippen molar-refractivity contribution in [3.8, 4) is 0 Å². The minimum atomic E-state index is -3.88. The van der Waals surface area contributed by atoms with Gasteiger partial charge in [-0.15, -0.1) is 0 Å². The Morgan fingerprint density at radius 1 is 0.654 bits per heavy atom. The van der Waals surface area contributed by atoms with Crippen molar-refractivity contribution < 1.29 is 25.2 Å². The highest BCUT2D eigenvalue weighted by Crippen LogP contribution is 2.30. The summed E-state index contributed by atoms with van der Waals surface area (Å²) in [6, 6.07) is 0. The first-order valence-corrected chi connectivity index (χ1v) is 13.2. The van der Waals surface area contributed by atoms with Crippen LogP contribution < -0.4 is 0 Å². The van der Waals surface area contributed by atoms with Crippen LogP contribution in [0.5, 0.6) is 0 Å². The third-order valence-corrected chi connectivity index (χ3v) is 8.67. The summed E-state index contributed by atoms with van der Waals surface area (Å²) in [5.41, 5.74) is 0. The molecule has 0 N–H and O–H groups in total. The molecule has 0 heterocycles. The zero-order chi connectivity index (χ0) is 19.2. The Morgan fingerprint density at radius 3 is 1.27 bits per heavy atom. The molecular weight excluding hydrogens is 376 g/mol. The molecule has 0 amide bonds. The molecule has 26 heavy (non-hydrogen) atoms. The lowest BCUT2D eigenvalue weighted by Crippen LogP contribution is -2.31. The quantitative estimate of drug-likeness (QED) is 0.540. The molecule has 2 aliphatic rings. The second kappa shape index (κ2) is 9.85.